The Bertz CT molecular complexity index is 1050. The number of hydrogen-bond acceptors (Lipinski definition) is 7. The summed E-state index contributed by atoms with van der Waals surface area (Å²) < 4.78 is 19.9. The molecule has 186 valence electrons. The van der Waals surface area contributed by atoms with Crippen molar-refractivity contribution in [1.29, 1.82) is 0 Å². The van der Waals surface area contributed by atoms with Crippen molar-refractivity contribution in [2.24, 2.45) is 17.8 Å². The lowest BCUT2D eigenvalue weighted by atomic mass is 10.2. The van der Waals surface area contributed by atoms with E-state index in [2.05, 4.69) is 20.3 Å². The molecule has 4 rings (SSSR count). The fourth-order valence-corrected chi connectivity index (χ4v) is 4.75. The Hall–Kier alpha value is -3.56. The molecule has 0 bridgehead atoms. The van der Waals surface area contributed by atoms with Crippen molar-refractivity contribution in [2.75, 3.05) is 44.2 Å². The number of amides is 2. The van der Waals surface area contributed by atoms with Crippen molar-refractivity contribution < 1.29 is 18.7 Å². The molecule has 0 aromatic carbocycles. The Morgan fingerprint density at radius 3 is 2.71 bits per heavy atom. The topological polar surface area (TPSA) is 101 Å². The maximum absolute atomic E-state index is 14.4. The third kappa shape index (κ3) is 6.12. The van der Waals surface area contributed by atoms with E-state index in [1.807, 2.05) is 30.9 Å². The molecule has 0 spiro atoms. The van der Waals surface area contributed by atoms with E-state index in [-0.39, 0.29) is 30.2 Å². The number of nitrogens with one attached hydrogen (secondary N) is 1. The molecule has 2 fully saturated rings. The van der Waals surface area contributed by atoms with Gasteiger partial charge in [-0.15, -0.1) is 0 Å². The SMILES string of the molecule is CCN(CC)C(=O)COc1ncc(F)c(N2CC3C(CCNC(=O)/C=C/c4cccnc4)C3C2)n1. The van der Waals surface area contributed by atoms with E-state index in [4.69, 9.17) is 4.74 Å². The standard InChI is InChI=1S/C25H31FN6O3/c1-3-31(4-2)23(34)16-35-25-29-13-21(26)24(30-25)32-14-19-18(20(19)15-32)9-11-28-22(33)8-7-17-6-5-10-27-12-17/h5-8,10,12-13,18-20H,3-4,9,11,14-16H2,1-2H3,(H,28,33)/b8-7+. The van der Waals surface area contributed by atoms with Gasteiger partial charge < -0.3 is 19.9 Å². The molecular formula is C25H31FN6O3. The fraction of sp³-hybridized carbons (Fsp3) is 0.480. The highest BCUT2D eigenvalue weighted by Crippen LogP contribution is 2.54. The van der Waals surface area contributed by atoms with Gasteiger partial charge in [-0.2, -0.15) is 4.98 Å². The molecule has 1 aliphatic carbocycles. The van der Waals surface area contributed by atoms with Crippen LogP contribution < -0.4 is 15.0 Å². The predicted molar refractivity (Wildman–Crippen MR) is 129 cm³/mol. The van der Waals surface area contributed by atoms with Crippen molar-refractivity contribution in [3.8, 4) is 6.01 Å². The van der Waals surface area contributed by atoms with Crippen molar-refractivity contribution in [3.63, 3.8) is 0 Å². The monoisotopic (exact) mass is 482 g/mol. The molecule has 1 aliphatic heterocycles. The summed E-state index contributed by atoms with van der Waals surface area (Å²) in [7, 11) is 0. The Balaban J connectivity index is 1.21. The van der Waals surface area contributed by atoms with Gasteiger partial charge in [0.1, 0.15) is 0 Å². The summed E-state index contributed by atoms with van der Waals surface area (Å²) in [6.45, 7) is 6.82. The molecule has 2 aliphatic rings. The lowest BCUT2D eigenvalue weighted by Gasteiger charge is -2.22. The molecule has 35 heavy (non-hydrogen) atoms. The minimum absolute atomic E-state index is 0.00100. The first-order valence-electron chi connectivity index (χ1n) is 12.0. The minimum atomic E-state index is -0.502. The first kappa shape index (κ1) is 24.6. The molecule has 1 saturated heterocycles. The first-order chi connectivity index (χ1) is 17.0. The van der Waals surface area contributed by atoms with Gasteiger partial charge in [-0.3, -0.25) is 14.6 Å². The molecule has 2 aromatic rings. The highest BCUT2D eigenvalue weighted by Gasteiger charge is 2.55. The highest BCUT2D eigenvalue weighted by atomic mass is 19.1. The van der Waals surface area contributed by atoms with Crippen LogP contribution in [-0.2, 0) is 9.59 Å². The van der Waals surface area contributed by atoms with Crippen molar-refractivity contribution in [3.05, 3.63) is 48.2 Å². The van der Waals surface area contributed by atoms with Crippen LogP contribution in [0.2, 0.25) is 0 Å². The zero-order valence-corrected chi connectivity index (χ0v) is 20.1. The van der Waals surface area contributed by atoms with Gasteiger partial charge in [-0.1, -0.05) is 6.07 Å². The minimum Gasteiger partial charge on any atom is -0.453 e. The molecule has 1 N–H and O–H groups in total. The molecule has 9 nitrogen and oxygen atoms in total. The lowest BCUT2D eigenvalue weighted by molar-refractivity contribution is -0.133. The van der Waals surface area contributed by atoms with Crippen LogP contribution in [0.4, 0.5) is 10.2 Å². The van der Waals surface area contributed by atoms with Gasteiger partial charge in [0.05, 0.1) is 6.20 Å². The van der Waals surface area contributed by atoms with E-state index in [1.54, 1.807) is 23.4 Å². The number of ether oxygens (including phenoxy) is 1. The van der Waals surface area contributed by atoms with E-state index >= 15 is 0 Å². The number of hydrogen-bond donors (Lipinski definition) is 1. The average Bonchev–Trinajstić information content (AvgIpc) is 3.31. The molecule has 3 heterocycles. The van der Waals surface area contributed by atoms with Gasteiger partial charge in [-0.25, -0.2) is 9.37 Å². The van der Waals surface area contributed by atoms with E-state index in [0.717, 1.165) is 18.2 Å². The van der Waals surface area contributed by atoms with Gasteiger partial charge >= 0.3 is 6.01 Å². The number of pyridine rings is 1. The number of carbonyl (C=O) groups is 2. The number of likely N-dealkylation sites (N-methyl/N-ethyl adjacent to an activating group) is 1. The van der Waals surface area contributed by atoms with Crippen LogP contribution in [0, 0.1) is 23.6 Å². The molecule has 2 atom stereocenters. The van der Waals surface area contributed by atoms with Crippen LogP contribution in [0.1, 0.15) is 25.8 Å². The third-order valence-electron chi connectivity index (χ3n) is 6.70. The number of rotatable bonds is 11. The lowest BCUT2D eigenvalue weighted by Crippen LogP contribution is -2.34. The van der Waals surface area contributed by atoms with Crippen LogP contribution >= 0.6 is 0 Å². The summed E-state index contributed by atoms with van der Waals surface area (Å²) >= 11 is 0. The Labute approximate surface area is 204 Å². The Kier molecular flexibility index (Phi) is 7.89. The number of piperidine rings is 1. The van der Waals surface area contributed by atoms with E-state index in [0.29, 0.717) is 50.5 Å². The molecular weight excluding hydrogens is 451 g/mol. The second-order valence-corrected chi connectivity index (χ2v) is 8.77. The van der Waals surface area contributed by atoms with Crippen LogP contribution in [0.5, 0.6) is 6.01 Å². The van der Waals surface area contributed by atoms with Crippen molar-refractivity contribution in [1.82, 2.24) is 25.2 Å². The second-order valence-electron chi connectivity index (χ2n) is 8.77. The number of anilines is 1. The third-order valence-corrected chi connectivity index (χ3v) is 6.70. The number of aromatic nitrogens is 3. The largest absolute Gasteiger partial charge is 0.453 e. The van der Waals surface area contributed by atoms with Crippen LogP contribution in [0.25, 0.3) is 6.08 Å². The number of nitrogens with zero attached hydrogens (tertiary/aromatic N) is 5. The van der Waals surface area contributed by atoms with Gasteiger partial charge in [-0.05, 0) is 55.7 Å². The number of carbonyl (C=O) groups excluding carboxylic acids is 2. The predicted octanol–water partition coefficient (Wildman–Crippen LogP) is 2.16. The molecule has 2 unspecified atom stereocenters. The van der Waals surface area contributed by atoms with E-state index < -0.39 is 5.82 Å². The second kappa shape index (κ2) is 11.2. The molecule has 0 radical (unpaired) electrons. The smallest absolute Gasteiger partial charge is 0.319 e. The Morgan fingerprint density at radius 2 is 2.03 bits per heavy atom. The first-order valence-corrected chi connectivity index (χ1v) is 12.0. The fourth-order valence-electron chi connectivity index (χ4n) is 4.75. The zero-order valence-electron chi connectivity index (χ0n) is 20.1. The average molecular weight is 483 g/mol. The summed E-state index contributed by atoms with van der Waals surface area (Å²) in [5.74, 6) is 0.858. The van der Waals surface area contributed by atoms with E-state index in [1.165, 1.54) is 6.08 Å². The summed E-state index contributed by atoms with van der Waals surface area (Å²) in [4.78, 5) is 39.8. The summed E-state index contributed by atoms with van der Waals surface area (Å²) in [5.41, 5.74) is 0.875. The summed E-state index contributed by atoms with van der Waals surface area (Å²) in [6.07, 6.45) is 8.62. The summed E-state index contributed by atoms with van der Waals surface area (Å²) in [5, 5.41) is 2.92. The quantitative estimate of drug-likeness (QED) is 0.490. The Morgan fingerprint density at radius 1 is 1.26 bits per heavy atom. The van der Waals surface area contributed by atoms with Crippen molar-refractivity contribution in [2.45, 2.75) is 20.3 Å². The van der Waals surface area contributed by atoms with Crippen LogP contribution in [0.3, 0.4) is 0 Å². The zero-order chi connectivity index (χ0) is 24.8. The van der Waals surface area contributed by atoms with Gasteiger partial charge in [0.2, 0.25) is 5.91 Å². The van der Waals surface area contributed by atoms with Crippen molar-refractivity contribution >= 4 is 23.7 Å². The molecule has 10 heteroatoms. The maximum atomic E-state index is 14.4. The summed E-state index contributed by atoms with van der Waals surface area (Å²) in [6, 6.07) is 3.71. The van der Waals surface area contributed by atoms with Gasteiger partial charge in [0.15, 0.2) is 18.2 Å². The van der Waals surface area contributed by atoms with Gasteiger partial charge in [0, 0.05) is 51.2 Å². The molecule has 1 saturated carbocycles. The number of halogens is 1. The number of fused-ring (bicyclic) bond motifs is 1. The normalized spacial score (nSPS) is 20.5. The molecule has 2 amide bonds. The van der Waals surface area contributed by atoms with Crippen LogP contribution in [0.15, 0.2) is 36.8 Å². The highest BCUT2D eigenvalue weighted by molar-refractivity contribution is 5.91. The van der Waals surface area contributed by atoms with E-state index in [9.17, 15) is 14.0 Å². The maximum Gasteiger partial charge on any atom is 0.319 e. The molecule has 2 aromatic heterocycles. The van der Waals surface area contributed by atoms with Crippen LogP contribution in [-0.4, -0.2) is 71.0 Å². The van der Waals surface area contributed by atoms with Gasteiger partial charge in [0.25, 0.3) is 5.91 Å².